The molecule has 0 saturated heterocycles. The summed E-state index contributed by atoms with van der Waals surface area (Å²) in [5, 5.41) is 3.45. The van der Waals surface area contributed by atoms with E-state index in [1.54, 1.807) is 0 Å². The second-order valence-electron chi connectivity index (χ2n) is 6.28. The second-order valence-corrected chi connectivity index (χ2v) is 7.20. The molecule has 1 heterocycles. The number of fused-ring (bicyclic) bond motifs is 1. The summed E-state index contributed by atoms with van der Waals surface area (Å²) >= 11 is 3.55. The first kappa shape index (κ1) is 13.4. The molecule has 0 spiro atoms. The monoisotopic (exact) mass is 323 g/mol. The Balaban J connectivity index is 1.86. The van der Waals surface area contributed by atoms with E-state index in [1.165, 1.54) is 31.2 Å². The lowest BCUT2D eigenvalue weighted by molar-refractivity contribution is 0.0133. The van der Waals surface area contributed by atoms with E-state index < -0.39 is 0 Å². The number of hydrogen-bond donors (Lipinski definition) is 1. The Morgan fingerprint density at radius 1 is 1.42 bits per heavy atom. The van der Waals surface area contributed by atoms with E-state index in [1.807, 2.05) is 7.05 Å². The molecule has 3 rings (SSSR count). The fourth-order valence-electron chi connectivity index (χ4n) is 3.42. The molecule has 0 amide bonds. The van der Waals surface area contributed by atoms with Crippen LogP contribution in [-0.2, 0) is 0 Å². The third-order valence-electron chi connectivity index (χ3n) is 4.64. The highest BCUT2D eigenvalue weighted by Crippen LogP contribution is 2.45. The molecule has 1 aliphatic heterocycles. The molecule has 2 atom stereocenters. The summed E-state index contributed by atoms with van der Waals surface area (Å²) < 4.78 is 7.46. The summed E-state index contributed by atoms with van der Waals surface area (Å²) in [6.45, 7) is 2.28. The molecule has 1 aliphatic carbocycles. The molecule has 1 aromatic carbocycles. The number of halogens is 1. The van der Waals surface area contributed by atoms with Gasteiger partial charge in [-0.3, -0.25) is 0 Å². The number of ether oxygens (including phenoxy) is 1. The van der Waals surface area contributed by atoms with Gasteiger partial charge in [0.2, 0.25) is 0 Å². The first-order valence-electron chi connectivity index (χ1n) is 7.25. The van der Waals surface area contributed by atoms with Crippen molar-refractivity contribution in [2.24, 2.45) is 5.92 Å². The van der Waals surface area contributed by atoms with Crippen molar-refractivity contribution < 1.29 is 4.74 Å². The summed E-state index contributed by atoms with van der Waals surface area (Å²) in [5.41, 5.74) is 1.27. The van der Waals surface area contributed by atoms with Gasteiger partial charge in [0, 0.05) is 22.5 Å². The number of hydrogen-bond acceptors (Lipinski definition) is 2. The van der Waals surface area contributed by atoms with Crippen molar-refractivity contribution in [3.63, 3.8) is 0 Å². The van der Waals surface area contributed by atoms with Crippen LogP contribution >= 0.6 is 15.9 Å². The molecular weight excluding hydrogens is 302 g/mol. The second kappa shape index (κ2) is 5.10. The average Bonchev–Trinajstić information content (AvgIpc) is 2.32. The van der Waals surface area contributed by atoms with Gasteiger partial charge in [-0.1, -0.05) is 41.3 Å². The Hall–Kier alpha value is -0.540. The molecule has 1 fully saturated rings. The highest BCUT2D eigenvalue weighted by atomic mass is 79.9. The van der Waals surface area contributed by atoms with Crippen molar-refractivity contribution in [3.8, 4) is 5.75 Å². The smallest absolute Gasteiger partial charge is 0.126 e. The van der Waals surface area contributed by atoms with Crippen molar-refractivity contribution in [2.75, 3.05) is 7.05 Å². The highest BCUT2D eigenvalue weighted by Gasteiger charge is 2.39. The Morgan fingerprint density at radius 2 is 2.21 bits per heavy atom. The molecule has 1 saturated carbocycles. The lowest BCUT2D eigenvalue weighted by atomic mass is 9.74. The van der Waals surface area contributed by atoms with Gasteiger partial charge in [-0.2, -0.15) is 0 Å². The van der Waals surface area contributed by atoms with Crippen LogP contribution in [0.15, 0.2) is 22.7 Å². The topological polar surface area (TPSA) is 21.3 Å². The first-order chi connectivity index (χ1) is 9.09. The lowest BCUT2D eigenvalue weighted by Gasteiger charge is -2.43. The minimum atomic E-state index is -0.0213. The van der Waals surface area contributed by atoms with E-state index in [9.17, 15) is 0 Å². The van der Waals surface area contributed by atoms with Gasteiger partial charge in [0.15, 0.2) is 0 Å². The lowest BCUT2D eigenvalue weighted by Crippen LogP contribution is -2.43. The molecule has 3 heteroatoms. The highest BCUT2D eigenvalue weighted by molar-refractivity contribution is 9.10. The normalized spacial score (nSPS) is 30.4. The zero-order valence-corrected chi connectivity index (χ0v) is 13.3. The SMILES string of the molecule is CNC1CC(C)(CC2CCC2)Oc2cc(Br)ccc21. The zero-order valence-electron chi connectivity index (χ0n) is 11.7. The third-order valence-corrected chi connectivity index (χ3v) is 5.13. The van der Waals surface area contributed by atoms with Gasteiger partial charge in [-0.25, -0.2) is 0 Å². The van der Waals surface area contributed by atoms with Crippen LogP contribution in [0, 0.1) is 5.92 Å². The Labute approximate surface area is 124 Å². The molecule has 19 heavy (non-hydrogen) atoms. The van der Waals surface area contributed by atoms with Gasteiger partial charge >= 0.3 is 0 Å². The van der Waals surface area contributed by atoms with Gasteiger partial charge in [-0.05, 0) is 38.4 Å². The largest absolute Gasteiger partial charge is 0.487 e. The quantitative estimate of drug-likeness (QED) is 0.887. The van der Waals surface area contributed by atoms with Gasteiger partial charge < -0.3 is 10.1 Å². The predicted molar refractivity (Wildman–Crippen MR) is 81.6 cm³/mol. The number of nitrogens with one attached hydrogen (secondary N) is 1. The van der Waals surface area contributed by atoms with Crippen LogP contribution < -0.4 is 10.1 Å². The van der Waals surface area contributed by atoms with Crippen molar-refractivity contribution in [3.05, 3.63) is 28.2 Å². The van der Waals surface area contributed by atoms with Gasteiger partial charge in [0.1, 0.15) is 11.4 Å². The maximum atomic E-state index is 6.37. The van der Waals surface area contributed by atoms with Crippen LogP contribution in [0.25, 0.3) is 0 Å². The summed E-state index contributed by atoms with van der Waals surface area (Å²) in [7, 11) is 2.05. The minimum Gasteiger partial charge on any atom is -0.487 e. The van der Waals surface area contributed by atoms with E-state index in [2.05, 4.69) is 46.4 Å². The maximum Gasteiger partial charge on any atom is 0.126 e. The van der Waals surface area contributed by atoms with Crippen LogP contribution in [0.5, 0.6) is 5.75 Å². The first-order valence-corrected chi connectivity index (χ1v) is 8.05. The van der Waals surface area contributed by atoms with Crippen LogP contribution in [-0.4, -0.2) is 12.6 Å². The average molecular weight is 324 g/mol. The van der Waals surface area contributed by atoms with E-state index in [-0.39, 0.29) is 5.60 Å². The molecule has 0 radical (unpaired) electrons. The number of benzene rings is 1. The molecule has 0 bridgehead atoms. The molecule has 2 aliphatic rings. The van der Waals surface area contributed by atoms with E-state index >= 15 is 0 Å². The fraction of sp³-hybridized carbons (Fsp3) is 0.625. The minimum absolute atomic E-state index is 0.0213. The maximum absolute atomic E-state index is 6.37. The fourth-order valence-corrected chi connectivity index (χ4v) is 3.76. The van der Waals surface area contributed by atoms with Crippen LogP contribution in [0.4, 0.5) is 0 Å². The molecule has 104 valence electrons. The Bertz CT molecular complexity index is 472. The Kier molecular flexibility index (Phi) is 3.61. The van der Waals surface area contributed by atoms with Gasteiger partial charge in [0.25, 0.3) is 0 Å². The van der Waals surface area contributed by atoms with Crippen LogP contribution in [0.1, 0.15) is 50.6 Å². The molecule has 0 aromatic heterocycles. The predicted octanol–water partition coefficient (Wildman–Crippen LogP) is 4.44. The van der Waals surface area contributed by atoms with Crippen molar-refractivity contribution in [1.29, 1.82) is 0 Å². The molecule has 2 nitrogen and oxygen atoms in total. The standard InChI is InChI=1S/C16H22BrNO/c1-16(9-11-4-3-5-11)10-14(18-2)13-7-6-12(17)8-15(13)19-16/h6-8,11,14,18H,3-5,9-10H2,1-2H3. The van der Waals surface area contributed by atoms with Crippen molar-refractivity contribution in [1.82, 2.24) is 5.32 Å². The van der Waals surface area contributed by atoms with E-state index in [0.717, 1.165) is 22.6 Å². The summed E-state index contributed by atoms with van der Waals surface area (Å²) in [5.74, 6) is 1.91. The third kappa shape index (κ3) is 2.68. The number of rotatable bonds is 3. The van der Waals surface area contributed by atoms with Crippen LogP contribution in [0.2, 0.25) is 0 Å². The van der Waals surface area contributed by atoms with Crippen molar-refractivity contribution in [2.45, 2.75) is 50.7 Å². The van der Waals surface area contributed by atoms with E-state index in [0.29, 0.717) is 6.04 Å². The summed E-state index contributed by atoms with van der Waals surface area (Å²) in [6.07, 6.45) is 6.42. The summed E-state index contributed by atoms with van der Waals surface area (Å²) in [6, 6.07) is 6.78. The van der Waals surface area contributed by atoms with E-state index in [4.69, 9.17) is 4.74 Å². The summed E-state index contributed by atoms with van der Waals surface area (Å²) in [4.78, 5) is 0. The molecule has 2 unspecified atom stereocenters. The Morgan fingerprint density at radius 3 is 2.84 bits per heavy atom. The van der Waals surface area contributed by atoms with Crippen LogP contribution in [0.3, 0.4) is 0 Å². The van der Waals surface area contributed by atoms with Gasteiger partial charge in [0.05, 0.1) is 0 Å². The molecular formula is C16H22BrNO. The molecule has 1 aromatic rings. The molecule has 1 N–H and O–H groups in total. The zero-order chi connectivity index (χ0) is 13.5. The van der Waals surface area contributed by atoms with Gasteiger partial charge in [-0.15, -0.1) is 0 Å². The van der Waals surface area contributed by atoms with Crippen molar-refractivity contribution >= 4 is 15.9 Å².